The molecule has 2 atom stereocenters. The molecule has 1 aromatic carbocycles. The molecule has 0 heterocycles. The number of amides is 1. The molecule has 1 rings (SSSR count). The minimum absolute atomic E-state index is 0.111. The molecule has 0 saturated carbocycles. The van der Waals surface area contributed by atoms with E-state index in [4.69, 9.17) is 21.1 Å². The molecule has 0 unspecified atom stereocenters. The van der Waals surface area contributed by atoms with Crippen molar-refractivity contribution in [2.75, 3.05) is 20.0 Å². The van der Waals surface area contributed by atoms with Gasteiger partial charge in [0.1, 0.15) is 6.04 Å². The molecular weight excluding hydrogens is 366 g/mol. The highest BCUT2D eigenvalue weighted by Crippen LogP contribution is 2.23. The Labute approximate surface area is 156 Å². The Hall–Kier alpha value is -1.73. The molecule has 1 N–H and O–H groups in total. The van der Waals surface area contributed by atoms with Crippen LogP contribution in [-0.4, -0.2) is 43.9 Å². The van der Waals surface area contributed by atoms with Gasteiger partial charge in [-0.05, 0) is 30.4 Å². The molecule has 0 aliphatic rings. The van der Waals surface area contributed by atoms with Crippen molar-refractivity contribution in [2.24, 2.45) is 5.92 Å². The third-order valence-electron chi connectivity index (χ3n) is 3.71. The highest BCUT2D eigenvalue weighted by molar-refractivity contribution is 7.98. The maximum Gasteiger partial charge on any atom is 0.340 e. The van der Waals surface area contributed by atoms with Gasteiger partial charge in [0.15, 0.2) is 6.61 Å². The molecule has 0 aromatic heterocycles. The van der Waals surface area contributed by atoms with Crippen LogP contribution in [0.2, 0.25) is 5.02 Å². The van der Waals surface area contributed by atoms with Gasteiger partial charge in [-0.3, -0.25) is 4.79 Å². The zero-order chi connectivity index (χ0) is 19.0. The molecule has 0 fully saturated rings. The standard InChI is InChI=1S/C17H22ClNO5S/c1-5-10(2)15(17(22)23-3)19-14(20)9-24-16(21)12-8-11(25-4)6-7-13(12)18/h6-8,10,15H,5,9H2,1-4H3,(H,19,20)/t10-,15+/m0/s1. The molecule has 138 valence electrons. The summed E-state index contributed by atoms with van der Waals surface area (Å²) in [5.41, 5.74) is 0.188. The third-order valence-corrected chi connectivity index (χ3v) is 4.77. The van der Waals surface area contributed by atoms with Crippen LogP contribution >= 0.6 is 23.4 Å². The molecule has 25 heavy (non-hydrogen) atoms. The van der Waals surface area contributed by atoms with E-state index in [1.54, 1.807) is 18.2 Å². The molecule has 0 saturated heterocycles. The summed E-state index contributed by atoms with van der Waals surface area (Å²) < 4.78 is 9.69. The largest absolute Gasteiger partial charge is 0.467 e. The van der Waals surface area contributed by atoms with Gasteiger partial charge in [0.2, 0.25) is 0 Å². The molecular formula is C17H22ClNO5S. The number of halogens is 1. The monoisotopic (exact) mass is 387 g/mol. The van der Waals surface area contributed by atoms with E-state index in [1.807, 2.05) is 20.1 Å². The normalized spacial score (nSPS) is 12.8. The Morgan fingerprint density at radius 2 is 2.00 bits per heavy atom. The Morgan fingerprint density at radius 3 is 2.56 bits per heavy atom. The van der Waals surface area contributed by atoms with Gasteiger partial charge in [-0.15, -0.1) is 11.8 Å². The highest BCUT2D eigenvalue weighted by atomic mass is 35.5. The van der Waals surface area contributed by atoms with Gasteiger partial charge >= 0.3 is 11.9 Å². The number of methoxy groups -OCH3 is 1. The number of carbonyl (C=O) groups excluding carboxylic acids is 3. The number of ether oxygens (including phenoxy) is 2. The Kier molecular flexibility index (Phi) is 8.78. The Bertz CT molecular complexity index is 637. The highest BCUT2D eigenvalue weighted by Gasteiger charge is 2.27. The van der Waals surface area contributed by atoms with Crippen molar-refractivity contribution in [3.05, 3.63) is 28.8 Å². The summed E-state index contributed by atoms with van der Waals surface area (Å²) in [6.45, 7) is 3.21. The zero-order valence-electron chi connectivity index (χ0n) is 14.6. The molecule has 0 bridgehead atoms. The van der Waals surface area contributed by atoms with E-state index in [-0.39, 0.29) is 16.5 Å². The lowest BCUT2D eigenvalue weighted by atomic mass is 9.99. The zero-order valence-corrected chi connectivity index (χ0v) is 16.2. The van der Waals surface area contributed by atoms with Crippen molar-refractivity contribution < 1.29 is 23.9 Å². The second-order valence-corrected chi connectivity index (χ2v) is 6.66. The molecule has 0 aliphatic carbocycles. The number of esters is 2. The average molecular weight is 388 g/mol. The van der Waals surface area contributed by atoms with Crippen LogP contribution in [0.15, 0.2) is 23.1 Å². The lowest BCUT2D eigenvalue weighted by Crippen LogP contribution is -2.47. The predicted molar refractivity (Wildman–Crippen MR) is 96.9 cm³/mol. The lowest BCUT2D eigenvalue weighted by Gasteiger charge is -2.21. The van der Waals surface area contributed by atoms with Gasteiger partial charge < -0.3 is 14.8 Å². The van der Waals surface area contributed by atoms with Gasteiger partial charge in [-0.25, -0.2) is 9.59 Å². The van der Waals surface area contributed by atoms with E-state index in [9.17, 15) is 14.4 Å². The summed E-state index contributed by atoms with van der Waals surface area (Å²) in [5.74, 6) is -1.93. The fourth-order valence-corrected chi connectivity index (χ4v) is 2.64. The van der Waals surface area contributed by atoms with E-state index in [2.05, 4.69) is 5.32 Å². The van der Waals surface area contributed by atoms with Crippen molar-refractivity contribution in [1.82, 2.24) is 5.32 Å². The van der Waals surface area contributed by atoms with Crippen LogP contribution < -0.4 is 5.32 Å². The number of rotatable bonds is 8. The smallest absolute Gasteiger partial charge is 0.340 e. The van der Waals surface area contributed by atoms with Crippen LogP contribution in [0.4, 0.5) is 0 Å². The molecule has 0 radical (unpaired) electrons. The lowest BCUT2D eigenvalue weighted by molar-refractivity contribution is -0.147. The maximum atomic E-state index is 12.1. The van der Waals surface area contributed by atoms with Crippen molar-refractivity contribution in [3.63, 3.8) is 0 Å². The molecule has 6 nitrogen and oxygen atoms in total. The summed E-state index contributed by atoms with van der Waals surface area (Å²) in [5, 5.41) is 2.78. The van der Waals surface area contributed by atoms with Crippen LogP contribution in [0.3, 0.4) is 0 Å². The molecule has 1 aromatic rings. The number of thioether (sulfide) groups is 1. The van der Waals surface area contributed by atoms with Crippen molar-refractivity contribution in [3.8, 4) is 0 Å². The van der Waals surface area contributed by atoms with Crippen molar-refractivity contribution in [1.29, 1.82) is 0 Å². The summed E-state index contributed by atoms with van der Waals surface area (Å²) in [6, 6.07) is 4.19. The fourth-order valence-electron chi connectivity index (χ4n) is 2.01. The van der Waals surface area contributed by atoms with Crippen LogP contribution in [0.1, 0.15) is 30.6 Å². The maximum absolute atomic E-state index is 12.1. The predicted octanol–water partition coefficient (Wildman–Crippen LogP) is 2.92. The minimum Gasteiger partial charge on any atom is -0.467 e. The molecule has 1 amide bonds. The van der Waals surface area contributed by atoms with E-state index in [0.29, 0.717) is 6.42 Å². The molecule has 0 aliphatic heterocycles. The minimum atomic E-state index is -0.787. The first-order valence-electron chi connectivity index (χ1n) is 7.71. The van der Waals surface area contributed by atoms with Crippen molar-refractivity contribution in [2.45, 2.75) is 31.2 Å². The summed E-state index contributed by atoms with van der Waals surface area (Å²) in [7, 11) is 1.25. The van der Waals surface area contributed by atoms with Gasteiger partial charge in [-0.1, -0.05) is 31.9 Å². The first-order valence-corrected chi connectivity index (χ1v) is 9.32. The average Bonchev–Trinajstić information content (AvgIpc) is 2.63. The van der Waals surface area contributed by atoms with E-state index < -0.39 is 30.5 Å². The summed E-state index contributed by atoms with van der Waals surface area (Å²) in [6.07, 6.45) is 2.55. The molecule has 8 heteroatoms. The Morgan fingerprint density at radius 1 is 1.32 bits per heavy atom. The topological polar surface area (TPSA) is 81.7 Å². The summed E-state index contributed by atoms with van der Waals surface area (Å²) >= 11 is 7.45. The second-order valence-electron chi connectivity index (χ2n) is 5.38. The van der Waals surface area contributed by atoms with E-state index in [1.165, 1.54) is 18.9 Å². The SMILES string of the molecule is CC[C@H](C)[C@@H](NC(=O)COC(=O)c1cc(SC)ccc1Cl)C(=O)OC. The first-order chi connectivity index (χ1) is 11.8. The van der Waals surface area contributed by atoms with Gasteiger partial charge in [-0.2, -0.15) is 0 Å². The van der Waals surface area contributed by atoms with E-state index in [0.717, 1.165) is 4.90 Å². The van der Waals surface area contributed by atoms with Crippen LogP contribution in [0.5, 0.6) is 0 Å². The number of benzene rings is 1. The van der Waals surface area contributed by atoms with Crippen LogP contribution in [-0.2, 0) is 19.1 Å². The van der Waals surface area contributed by atoms with Crippen LogP contribution in [0.25, 0.3) is 0 Å². The second kappa shape index (κ2) is 10.3. The van der Waals surface area contributed by atoms with Gasteiger partial charge in [0.05, 0.1) is 17.7 Å². The van der Waals surface area contributed by atoms with Gasteiger partial charge in [0, 0.05) is 4.90 Å². The Balaban J connectivity index is 2.69. The third kappa shape index (κ3) is 6.25. The van der Waals surface area contributed by atoms with Crippen molar-refractivity contribution >= 4 is 41.2 Å². The first kappa shape index (κ1) is 21.3. The molecule has 0 spiro atoms. The van der Waals surface area contributed by atoms with Gasteiger partial charge in [0.25, 0.3) is 5.91 Å². The number of carbonyl (C=O) groups is 3. The number of hydrogen-bond acceptors (Lipinski definition) is 6. The quantitative estimate of drug-likeness (QED) is 0.545. The number of nitrogens with one attached hydrogen (secondary N) is 1. The summed E-state index contributed by atoms with van der Waals surface area (Å²) in [4.78, 5) is 36.7. The van der Waals surface area contributed by atoms with Crippen LogP contribution in [0, 0.1) is 5.92 Å². The van der Waals surface area contributed by atoms with E-state index >= 15 is 0 Å². The fraction of sp³-hybridized carbons (Fsp3) is 0.471. The number of hydrogen-bond donors (Lipinski definition) is 1.